The van der Waals surface area contributed by atoms with Crippen molar-refractivity contribution in [2.75, 3.05) is 0 Å². The first-order chi connectivity index (χ1) is 9.67. The maximum absolute atomic E-state index is 11.8. The van der Waals surface area contributed by atoms with Gasteiger partial charge >= 0.3 is 0 Å². The molecular weight excluding hydrogens is 256 g/mol. The summed E-state index contributed by atoms with van der Waals surface area (Å²) in [4.78, 5) is 23.2. The molecule has 0 aliphatic rings. The summed E-state index contributed by atoms with van der Waals surface area (Å²) in [6.07, 6.45) is 6.91. The fourth-order valence-corrected chi connectivity index (χ4v) is 2.05. The minimum absolute atomic E-state index is 0.197. The molecule has 0 radical (unpaired) electrons. The third-order valence-electron chi connectivity index (χ3n) is 3.04. The Morgan fingerprint density at radius 1 is 1.35 bits per heavy atom. The summed E-state index contributed by atoms with van der Waals surface area (Å²) in [5.41, 5.74) is 2.00. The summed E-state index contributed by atoms with van der Waals surface area (Å²) >= 11 is 0. The van der Waals surface area contributed by atoms with Gasteiger partial charge in [0.1, 0.15) is 5.69 Å². The van der Waals surface area contributed by atoms with Crippen LogP contribution in [0, 0.1) is 0 Å². The molecule has 0 spiro atoms. The van der Waals surface area contributed by atoms with Crippen LogP contribution in [0.4, 0.5) is 0 Å². The zero-order chi connectivity index (χ0) is 14.1. The number of rotatable bonds is 3. The predicted molar refractivity (Wildman–Crippen MR) is 74.0 cm³/mol. The van der Waals surface area contributed by atoms with E-state index in [0.29, 0.717) is 11.5 Å². The lowest BCUT2D eigenvalue weighted by Crippen LogP contribution is -2.10. The molecule has 0 aromatic carbocycles. The third-order valence-corrected chi connectivity index (χ3v) is 3.04. The Morgan fingerprint density at radius 3 is 2.90 bits per heavy atom. The summed E-state index contributed by atoms with van der Waals surface area (Å²) in [6.45, 7) is 2.77. The minimum atomic E-state index is -0.197. The van der Waals surface area contributed by atoms with Gasteiger partial charge in [0.2, 0.25) is 0 Å². The van der Waals surface area contributed by atoms with Crippen molar-refractivity contribution in [3.05, 3.63) is 41.3 Å². The molecule has 0 saturated carbocycles. The second-order valence-electron chi connectivity index (χ2n) is 4.45. The van der Waals surface area contributed by atoms with Gasteiger partial charge < -0.3 is 9.55 Å². The Labute approximate surface area is 114 Å². The van der Waals surface area contributed by atoms with Gasteiger partial charge in [-0.05, 0) is 6.92 Å². The monoisotopic (exact) mass is 270 g/mol. The second-order valence-corrected chi connectivity index (χ2v) is 4.45. The zero-order valence-corrected chi connectivity index (χ0v) is 11.2. The molecule has 7 heteroatoms. The van der Waals surface area contributed by atoms with Crippen LogP contribution in [0.2, 0.25) is 0 Å². The molecule has 0 fully saturated rings. The Kier molecular flexibility index (Phi) is 2.94. The van der Waals surface area contributed by atoms with Crippen LogP contribution in [0.25, 0.3) is 22.8 Å². The van der Waals surface area contributed by atoms with E-state index in [1.165, 1.54) is 6.07 Å². The van der Waals surface area contributed by atoms with E-state index in [1.807, 2.05) is 24.7 Å². The Morgan fingerprint density at radius 2 is 2.20 bits per heavy atom. The summed E-state index contributed by atoms with van der Waals surface area (Å²) in [6, 6.07) is 1.47. The summed E-state index contributed by atoms with van der Waals surface area (Å²) in [5, 5.41) is 4.10. The van der Waals surface area contributed by atoms with E-state index < -0.39 is 0 Å². The van der Waals surface area contributed by atoms with Crippen LogP contribution in [-0.4, -0.2) is 29.3 Å². The number of nitrogens with one attached hydrogen (secondary N) is 1. The van der Waals surface area contributed by atoms with E-state index in [9.17, 15) is 4.79 Å². The molecule has 0 aliphatic heterocycles. The van der Waals surface area contributed by atoms with Crippen LogP contribution in [-0.2, 0) is 13.6 Å². The number of H-pyrrole nitrogens is 1. The number of nitrogens with zero attached hydrogens (tertiary/aromatic N) is 5. The first-order valence-corrected chi connectivity index (χ1v) is 6.28. The minimum Gasteiger partial charge on any atom is -0.328 e. The van der Waals surface area contributed by atoms with Crippen LogP contribution in [0.15, 0.2) is 35.8 Å². The normalized spacial score (nSPS) is 10.9. The zero-order valence-electron chi connectivity index (χ0n) is 11.2. The number of imidazole rings is 1. The number of hydrogen-bond acceptors (Lipinski definition) is 4. The van der Waals surface area contributed by atoms with Crippen molar-refractivity contribution >= 4 is 0 Å². The number of hydrogen-bond donors (Lipinski definition) is 1. The van der Waals surface area contributed by atoms with Crippen molar-refractivity contribution in [2.45, 2.75) is 13.5 Å². The van der Waals surface area contributed by atoms with Gasteiger partial charge in [0.15, 0.2) is 5.82 Å². The van der Waals surface area contributed by atoms with E-state index in [1.54, 1.807) is 23.4 Å². The first-order valence-electron chi connectivity index (χ1n) is 6.28. The van der Waals surface area contributed by atoms with E-state index in [-0.39, 0.29) is 5.56 Å². The number of aromatic amines is 1. The SMILES string of the molecule is CCn1cncc1-c1nc(-c2cnn(C)c2)cc(=O)[nH]1. The van der Waals surface area contributed by atoms with Gasteiger partial charge in [-0.25, -0.2) is 9.97 Å². The van der Waals surface area contributed by atoms with Crippen molar-refractivity contribution in [1.82, 2.24) is 29.3 Å². The highest BCUT2D eigenvalue weighted by atomic mass is 16.1. The number of aryl methyl sites for hydroxylation is 2. The molecular formula is C13H14N6O. The van der Waals surface area contributed by atoms with E-state index in [4.69, 9.17) is 0 Å². The topological polar surface area (TPSA) is 81.4 Å². The maximum Gasteiger partial charge on any atom is 0.251 e. The predicted octanol–water partition coefficient (Wildman–Crippen LogP) is 1.05. The second kappa shape index (κ2) is 4.76. The van der Waals surface area contributed by atoms with Gasteiger partial charge in [0.05, 0.1) is 24.4 Å². The van der Waals surface area contributed by atoms with Gasteiger partial charge in [0, 0.05) is 31.4 Å². The van der Waals surface area contributed by atoms with Crippen LogP contribution in [0.5, 0.6) is 0 Å². The summed E-state index contributed by atoms with van der Waals surface area (Å²) in [7, 11) is 1.82. The fourth-order valence-electron chi connectivity index (χ4n) is 2.05. The van der Waals surface area contributed by atoms with Crippen molar-refractivity contribution in [2.24, 2.45) is 7.05 Å². The van der Waals surface area contributed by atoms with Crippen molar-refractivity contribution in [1.29, 1.82) is 0 Å². The standard InChI is InChI=1S/C13H14N6O/c1-3-19-8-14-6-11(19)13-16-10(4-12(20)17-13)9-5-15-18(2)7-9/h4-8H,3H2,1-2H3,(H,16,17,20). The highest BCUT2D eigenvalue weighted by Crippen LogP contribution is 2.18. The average molecular weight is 270 g/mol. The summed E-state index contributed by atoms with van der Waals surface area (Å²) < 4.78 is 3.60. The molecule has 102 valence electrons. The van der Waals surface area contributed by atoms with Crippen molar-refractivity contribution < 1.29 is 0 Å². The van der Waals surface area contributed by atoms with Gasteiger partial charge in [-0.2, -0.15) is 5.10 Å². The molecule has 0 bridgehead atoms. The van der Waals surface area contributed by atoms with E-state index >= 15 is 0 Å². The molecule has 1 N–H and O–H groups in total. The fraction of sp³-hybridized carbons (Fsp3) is 0.231. The molecule has 0 amide bonds. The van der Waals surface area contributed by atoms with Gasteiger partial charge in [-0.3, -0.25) is 9.48 Å². The van der Waals surface area contributed by atoms with Crippen molar-refractivity contribution in [3.63, 3.8) is 0 Å². The van der Waals surface area contributed by atoms with Gasteiger partial charge in [-0.15, -0.1) is 0 Å². The number of aromatic nitrogens is 6. The lowest BCUT2D eigenvalue weighted by Gasteiger charge is -2.05. The average Bonchev–Trinajstić information content (AvgIpc) is 3.06. The van der Waals surface area contributed by atoms with Crippen LogP contribution >= 0.6 is 0 Å². The maximum atomic E-state index is 11.8. The van der Waals surface area contributed by atoms with Crippen LogP contribution < -0.4 is 5.56 Å². The molecule has 0 saturated heterocycles. The molecule has 0 unspecified atom stereocenters. The molecule has 20 heavy (non-hydrogen) atoms. The van der Waals surface area contributed by atoms with Crippen LogP contribution in [0.3, 0.4) is 0 Å². The molecule has 3 aromatic rings. The van der Waals surface area contributed by atoms with Crippen molar-refractivity contribution in [3.8, 4) is 22.8 Å². The van der Waals surface area contributed by atoms with E-state index in [0.717, 1.165) is 17.8 Å². The lowest BCUT2D eigenvalue weighted by atomic mass is 10.2. The van der Waals surface area contributed by atoms with Crippen LogP contribution in [0.1, 0.15) is 6.92 Å². The quantitative estimate of drug-likeness (QED) is 0.771. The molecule has 0 atom stereocenters. The molecule has 0 aliphatic carbocycles. The highest BCUT2D eigenvalue weighted by molar-refractivity contribution is 5.60. The molecule has 3 aromatic heterocycles. The molecule has 3 rings (SSSR count). The lowest BCUT2D eigenvalue weighted by molar-refractivity contribution is 0.763. The molecule has 3 heterocycles. The highest BCUT2D eigenvalue weighted by Gasteiger charge is 2.10. The van der Waals surface area contributed by atoms with Gasteiger partial charge in [0.25, 0.3) is 5.56 Å². The van der Waals surface area contributed by atoms with E-state index in [2.05, 4.69) is 20.1 Å². The first kappa shape index (κ1) is 12.3. The summed E-state index contributed by atoms with van der Waals surface area (Å²) in [5.74, 6) is 0.510. The smallest absolute Gasteiger partial charge is 0.251 e. The Hall–Kier alpha value is -2.70. The van der Waals surface area contributed by atoms with Gasteiger partial charge in [-0.1, -0.05) is 0 Å². The molecule has 7 nitrogen and oxygen atoms in total. The largest absolute Gasteiger partial charge is 0.328 e. The third kappa shape index (κ3) is 2.13. The Bertz CT molecular complexity index is 797. The Balaban J connectivity index is 2.14.